The Balaban J connectivity index is 3.20. The van der Waals surface area contributed by atoms with Gasteiger partial charge in [-0.1, -0.05) is 32.9 Å². The van der Waals surface area contributed by atoms with Gasteiger partial charge in [0.1, 0.15) is 0 Å². The van der Waals surface area contributed by atoms with E-state index < -0.39 is 0 Å². The molecule has 0 heterocycles. The maximum absolute atomic E-state index is 5.23. The van der Waals surface area contributed by atoms with Crippen LogP contribution >= 0.6 is 9.24 Å². The number of hydrogen-bond donors (Lipinski definition) is 0. The molecule has 1 aromatic rings. The lowest BCUT2D eigenvalue weighted by atomic mass is 9.86. The number of hydrogen-bond acceptors (Lipinski definition) is 2. The van der Waals surface area contributed by atoms with Crippen molar-refractivity contribution >= 4 is 20.4 Å². The summed E-state index contributed by atoms with van der Waals surface area (Å²) in [6, 6.07) is 6.37. The zero-order valence-electron chi connectivity index (χ0n) is 10.7. The minimum absolute atomic E-state index is 0.167. The number of benzene rings is 1. The third-order valence-corrected chi connectivity index (χ3v) is 3.02. The highest BCUT2D eigenvalue weighted by Gasteiger charge is 2.15. The maximum Gasteiger partial charge on any atom is 0.216 e. The summed E-state index contributed by atoms with van der Waals surface area (Å²) in [5.74, 6) is 0.672. The van der Waals surface area contributed by atoms with E-state index in [0.29, 0.717) is 5.90 Å². The standard InChI is InChI=1S/C13H20NOP/c1-13(2,3)9-6-7-10(11(16)8-9)12(14-4)15-5/h6-8H,16H2,1-5H3. The maximum atomic E-state index is 5.23. The molecule has 0 aromatic heterocycles. The minimum atomic E-state index is 0.167. The van der Waals surface area contributed by atoms with Gasteiger partial charge in [-0.25, -0.2) is 0 Å². The van der Waals surface area contributed by atoms with Crippen molar-refractivity contribution in [1.82, 2.24) is 0 Å². The van der Waals surface area contributed by atoms with Crippen LogP contribution in [0.1, 0.15) is 31.9 Å². The highest BCUT2D eigenvalue weighted by molar-refractivity contribution is 7.27. The van der Waals surface area contributed by atoms with E-state index in [1.54, 1.807) is 14.2 Å². The molecular weight excluding hydrogens is 217 g/mol. The van der Waals surface area contributed by atoms with Gasteiger partial charge in [0.05, 0.1) is 7.11 Å². The summed E-state index contributed by atoms with van der Waals surface area (Å²) in [5, 5.41) is 1.12. The summed E-state index contributed by atoms with van der Waals surface area (Å²) in [6.45, 7) is 6.62. The molecule has 3 heteroatoms. The van der Waals surface area contributed by atoms with Crippen molar-refractivity contribution < 1.29 is 4.74 Å². The first-order valence-electron chi connectivity index (χ1n) is 5.31. The van der Waals surface area contributed by atoms with E-state index in [-0.39, 0.29) is 5.41 Å². The molecule has 0 spiro atoms. The molecule has 0 saturated heterocycles. The fourth-order valence-electron chi connectivity index (χ4n) is 1.55. The number of nitrogens with zero attached hydrogens (tertiary/aromatic N) is 1. The van der Waals surface area contributed by atoms with Crippen molar-refractivity contribution in [3.05, 3.63) is 29.3 Å². The minimum Gasteiger partial charge on any atom is -0.481 e. The zero-order chi connectivity index (χ0) is 12.3. The predicted molar refractivity (Wildman–Crippen MR) is 74.0 cm³/mol. The smallest absolute Gasteiger partial charge is 0.216 e. The quantitative estimate of drug-likeness (QED) is 0.418. The summed E-state index contributed by atoms with van der Waals surface area (Å²) >= 11 is 0. The van der Waals surface area contributed by atoms with Gasteiger partial charge in [0, 0.05) is 12.6 Å². The topological polar surface area (TPSA) is 21.6 Å². The lowest BCUT2D eigenvalue weighted by Gasteiger charge is -2.20. The van der Waals surface area contributed by atoms with Crippen LogP contribution in [0.2, 0.25) is 0 Å². The number of ether oxygens (including phenoxy) is 1. The predicted octanol–water partition coefficient (Wildman–Crippen LogP) is 2.51. The summed E-state index contributed by atoms with van der Waals surface area (Å²) in [7, 11) is 6.12. The molecule has 0 saturated carbocycles. The van der Waals surface area contributed by atoms with E-state index in [9.17, 15) is 0 Å². The first kappa shape index (κ1) is 13.2. The Morgan fingerprint density at radius 3 is 2.31 bits per heavy atom. The number of methoxy groups -OCH3 is 1. The third kappa shape index (κ3) is 2.82. The van der Waals surface area contributed by atoms with Crippen molar-refractivity contribution in [2.45, 2.75) is 26.2 Å². The highest BCUT2D eigenvalue weighted by atomic mass is 31.0. The fourth-order valence-corrected chi connectivity index (χ4v) is 1.94. The number of rotatable bonds is 1. The Morgan fingerprint density at radius 2 is 1.94 bits per heavy atom. The van der Waals surface area contributed by atoms with Gasteiger partial charge in [-0.15, -0.1) is 9.24 Å². The normalized spacial score (nSPS) is 12.8. The molecule has 1 atom stereocenters. The van der Waals surface area contributed by atoms with Crippen LogP contribution in [0, 0.1) is 0 Å². The molecule has 0 N–H and O–H groups in total. The molecule has 0 aliphatic carbocycles. The van der Waals surface area contributed by atoms with Crippen LogP contribution in [-0.2, 0) is 10.2 Å². The molecule has 0 aliphatic heterocycles. The van der Waals surface area contributed by atoms with Crippen LogP contribution in [0.25, 0.3) is 0 Å². The second-order valence-corrected chi connectivity index (χ2v) is 5.41. The van der Waals surface area contributed by atoms with Gasteiger partial charge in [0.15, 0.2) is 0 Å². The Morgan fingerprint density at radius 1 is 1.31 bits per heavy atom. The van der Waals surface area contributed by atoms with Crippen molar-refractivity contribution in [3.63, 3.8) is 0 Å². The van der Waals surface area contributed by atoms with Gasteiger partial charge in [-0.05, 0) is 22.3 Å². The van der Waals surface area contributed by atoms with Crippen LogP contribution in [0.3, 0.4) is 0 Å². The van der Waals surface area contributed by atoms with E-state index in [4.69, 9.17) is 4.74 Å². The van der Waals surface area contributed by atoms with Crippen LogP contribution in [-0.4, -0.2) is 20.1 Å². The molecule has 0 bridgehead atoms. The van der Waals surface area contributed by atoms with Crippen LogP contribution in [0.4, 0.5) is 0 Å². The van der Waals surface area contributed by atoms with Crippen molar-refractivity contribution in [2.24, 2.45) is 4.99 Å². The van der Waals surface area contributed by atoms with E-state index in [1.165, 1.54) is 5.56 Å². The summed E-state index contributed by atoms with van der Waals surface area (Å²) < 4.78 is 5.23. The Bertz CT molecular complexity index is 405. The molecule has 0 aliphatic rings. The monoisotopic (exact) mass is 237 g/mol. The highest BCUT2D eigenvalue weighted by Crippen LogP contribution is 2.22. The van der Waals surface area contributed by atoms with Gasteiger partial charge in [-0.2, -0.15) is 0 Å². The molecule has 1 rings (SSSR count). The van der Waals surface area contributed by atoms with E-state index in [1.807, 2.05) is 0 Å². The SMILES string of the molecule is CN=C(OC)c1ccc(C(C)(C)C)cc1P. The first-order chi connectivity index (χ1) is 7.40. The molecule has 0 radical (unpaired) electrons. The van der Waals surface area contributed by atoms with Gasteiger partial charge in [0.2, 0.25) is 5.90 Å². The summed E-state index contributed by atoms with van der Waals surface area (Å²) in [4.78, 5) is 4.11. The molecule has 0 fully saturated rings. The Hall–Kier alpha value is -0.880. The van der Waals surface area contributed by atoms with Crippen molar-refractivity contribution in [2.75, 3.05) is 14.2 Å². The second kappa shape index (κ2) is 4.97. The van der Waals surface area contributed by atoms with E-state index >= 15 is 0 Å². The molecule has 2 nitrogen and oxygen atoms in total. The molecule has 1 unspecified atom stereocenters. The van der Waals surface area contributed by atoms with Crippen LogP contribution in [0.5, 0.6) is 0 Å². The lowest BCUT2D eigenvalue weighted by molar-refractivity contribution is 0.404. The summed E-state index contributed by atoms with van der Waals surface area (Å²) in [5.41, 5.74) is 2.51. The average Bonchev–Trinajstić information content (AvgIpc) is 2.20. The first-order valence-corrected chi connectivity index (χ1v) is 5.89. The molecule has 88 valence electrons. The molecule has 0 amide bonds. The average molecular weight is 237 g/mol. The zero-order valence-corrected chi connectivity index (χ0v) is 11.8. The number of aliphatic imine (C=N–C) groups is 1. The van der Waals surface area contributed by atoms with Gasteiger partial charge >= 0.3 is 0 Å². The lowest BCUT2D eigenvalue weighted by Crippen LogP contribution is -2.18. The van der Waals surface area contributed by atoms with E-state index in [2.05, 4.69) is 53.2 Å². The van der Waals surface area contributed by atoms with Crippen LogP contribution in [0.15, 0.2) is 23.2 Å². The van der Waals surface area contributed by atoms with Crippen molar-refractivity contribution in [1.29, 1.82) is 0 Å². The van der Waals surface area contributed by atoms with Crippen LogP contribution < -0.4 is 5.30 Å². The Kier molecular flexibility index (Phi) is 4.09. The third-order valence-electron chi connectivity index (χ3n) is 2.54. The molecule has 1 aromatic carbocycles. The van der Waals surface area contributed by atoms with E-state index in [0.717, 1.165) is 10.9 Å². The fraction of sp³-hybridized carbons (Fsp3) is 0.462. The molecule has 16 heavy (non-hydrogen) atoms. The molecular formula is C13H20NOP. The second-order valence-electron chi connectivity index (χ2n) is 4.78. The summed E-state index contributed by atoms with van der Waals surface area (Å²) in [6.07, 6.45) is 0. The van der Waals surface area contributed by atoms with Gasteiger partial charge < -0.3 is 4.74 Å². The van der Waals surface area contributed by atoms with Gasteiger partial charge in [0.25, 0.3) is 0 Å². The van der Waals surface area contributed by atoms with Gasteiger partial charge in [-0.3, -0.25) is 4.99 Å². The van der Waals surface area contributed by atoms with Crippen molar-refractivity contribution in [3.8, 4) is 0 Å². The Labute approximate surface area is 100 Å². The largest absolute Gasteiger partial charge is 0.481 e.